The van der Waals surface area contributed by atoms with Crippen molar-refractivity contribution in [3.8, 4) is 0 Å². The number of hydrogen-bond acceptors (Lipinski definition) is 3. The third kappa shape index (κ3) is 3.59. The summed E-state index contributed by atoms with van der Waals surface area (Å²) in [4.78, 5) is 20.6. The zero-order valence-electron chi connectivity index (χ0n) is 16.6. The van der Waals surface area contributed by atoms with Gasteiger partial charge in [-0.1, -0.05) is 64.5 Å². The fraction of sp³-hybridized carbons (Fsp3) is 0.200. The molecule has 2 aromatic heterocycles. The molecule has 1 aliphatic heterocycles. The Bertz CT molecular complexity index is 1270. The zero-order valence-corrected chi connectivity index (χ0v) is 18.2. The molecule has 0 N–H and O–H groups in total. The largest absolute Gasteiger partial charge is 0.294 e. The van der Waals surface area contributed by atoms with E-state index in [1.807, 2.05) is 41.0 Å². The first-order valence-electron chi connectivity index (χ1n) is 10.2. The second-order valence-electron chi connectivity index (χ2n) is 7.76. The molecule has 3 heterocycles. The standard InChI is InChI=1S/C25H22BrN3O/c26-23-11-5-4-9-19(23)16-29-24-21(10-6-13-27-24)20-12-14-28(17-22(20)25(29)30)15-18-7-2-1-3-8-18/h1-11,13H,12,14-17H2. The molecule has 0 aliphatic carbocycles. The molecule has 0 radical (unpaired) electrons. The van der Waals surface area contributed by atoms with Crippen LogP contribution in [0.4, 0.5) is 0 Å². The first kappa shape index (κ1) is 19.2. The summed E-state index contributed by atoms with van der Waals surface area (Å²) < 4.78 is 2.84. The summed E-state index contributed by atoms with van der Waals surface area (Å²) in [6.07, 6.45) is 2.64. The molecule has 4 aromatic rings. The van der Waals surface area contributed by atoms with Crippen molar-refractivity contribution in [3.05, 3.63) is 110 Å². The van der Waals surface area contributed by atoms with E-state index in [0.29, 0.717) is 13.1 Å². The summed E-state index contributed by atoms with van der Waals surface area (Å²) in [6.45, 7) is 2.97. The van der Waals surface area contributed by atoms with E-state index in [1.54, 1.807) is 6.20 Å². The van der Waals surface area contributed by atoms with E-state index >= 15 is 0 Å². The van der Waals surface area contributed by atoms with Gasteiger partial charge in [-0.15, -0.1) is 0 Å². The number of fused-ring (bicyclic) bond motifs is 3. The highest BCUT2D eigenvalue weighted by Crippen LogP contribution is 2.26. The monoisotopic (exact) mass is 459 g/mol. The van der Waals surface area contributed by atoms with E-state index in [0.717, 1.165) is 51.7 Å². The maximum Gasteiger partial charge on any atom is 0.257 e. The second kappa shape index (κ2) is 8.17. The maximum absolute atomic E-state index is 13.6. The van der Waals surface area contributed by atoms with Gasteiger partial charge >= 0.3 is 0 Å². The summed E-state index contributed by atoms with van der Waals surface area (Å²) in [7, 11) is 0. The first-order valence-corrected chi connectivity index (χ1v) is 11.0. The average molecular weight is 460 g/mol. The minimum Gasteiger partial charge on any atom is -0.294 e. The van der Waals surface area contributed by atoms with Crippen molar-refractivity contribution in [1.29, 1.82) is 0 Å². The minimum atomic E-state index is 0.0738. The fourth-order valence-electron chi connectivity index (χ4n) is 4.34. The topological polar surface area (TPSA) is 38.1 Å². The van der Waals surface area contributed by atoms with Gasteiger partial charge in [0, 0.05) is 41.3 Å². The van der Waals surface area contributed by atoms with Crippen molar-refractivity contribution in [2.24, 2.45) is 0 Å². The van der Waals surface area contributed by atoms with Crippen LogP contribution >= 0.6 is 15.9 Å². The molecule has 0 unspecified atom stereocenters. The number of benzene rings is 2. The van der Waals surface area contributed by atoms with Gasteiger partial charge in [0.05, 0.1) is 6.54 Å². The van der Waals surface area contributed by atoms with E-state index in [-0.39, 0.29) is 5.56 Å². The lowest BCUT2D eigenvalue weighted by molar-refractivity contribution is 0.244. The molecule has 0 bridgehead atoms. The molecule has 30 heavy (non-hydrogen) atoms. The zero-order chi connectivity index (χ0) is 20.5. The quantitative estimate of drug-likeness (QED) is 0.441. The Hall–Kier alpha value is -2.76. The molecule has 0 spiro atoms. The van der Waals surface area contributed by atoms with Crippen molar-refractivity contribution in [1.82, 2.24) is 14.5 Å². The highest BCUT2D eigenvalue weighted by molar-refractivity contribution is 9.10. The summed E-state index contributed by atoms with van der Waals surface area (Å²) in [5.41, 5.74) is 5.26. The Morgan fingerprint density at radius 1 is 0.900 bits per heavy atom. The number of halogens is 1. The Balaban J connectivity index is 1.58. The molecule has 0 amide bonds. The van der Waals surface area contributed by atoms with Crippen LogP contribution in [0, 0.1) is 0 Å². The van der Waals surface area contributed by atoms with Gasteiger partial charge in [0.1, 0.15) is 5.65 Å². The van der Waals surface area contributed by atoms with Crippen LogP contribution in [0.3, 0.4) is 0 Å². The molecular formula is C25H22BrN3O. The van der Waals surface area contributed by atoms with Crippen molar-refractivity contribution in [2.45, 2.75) is 26.1 Å². The summed E-state index contributed by atoms with van der Waals surface area (Å²) in [5.74, 6) is 0. The molecule has 0 atom stereocenters. The van der Waals surface area contributed by atoms with Gasteiger partial charge in [0.25, 0.3) is 5.56 Å². The van der Waals surface area contributed by atoms with Gasteiger partial charge in [-0.25, -0.2) is 4.98 Å². The highest BCUT2D eigenvalue weighted by atomic mass is 79.9. The van der Waals surface area contributed by atoms with E-state index in [2.05, 4.69) is 56.1 Å². The molecular weight excluding hydrogens is 438 g/mol. The number of rotatable bonds is 4. The third-order valence-electron chi connectivity index (χ3n) is 5.83. The predicted molar refractivity (Wildman–Crippen MR) is 124 cm³/mol. The first-order chi connectivity index (χ1) is 14.7. The van der Waals surface area contributed by atoms with Crippen molar-refractivity contribution < 1.29 is 0 Å². The van der Waals surface area contributed by atoms with Crippen molar-refractivity contribution >= 4 is 27.0 Å². The molecule has 5 rings (SSSR count). The number of hydrogen-bond donors (Lipinski definition) is 0. The van der Waals surface area contributed by atoms with Crippen LogP contribution in [0.5, 0.6) is 0 Å². The van der Waals surface area contributed by atoms with Gasteiger partial charge < -0.3 is 0 Å². The van der Waals surface area contributed by atoms with E-state index in [4.69, 9.17) is 0 Å². The lowest BCUT2D eigenvalue weighted by atomic mass is 9.97. The van der Waals surface area contributed by atoms with E-state index in [1.165, 1.54) is 5.56 Å². The highest BCUT2D eigenvalue weighted by Gasteiger charge is 2.24. The Morgan fingerprint density at radius 3 is 2.53 bits per heavy atom. The van der Waals surface area contributed by atoms with Crippen LogP contribution < -0.4 is 5.56 Å². The third-order valence-corrected chi connectivity index (χ3v) is 6.60. The van der Waals surface area contributed by atoms with E-state index in [9.17, 15) is 4.79 Å². The van der Waals surface area contributed by atoms with Crippen LogP contribution in [0.1, 0.15) is 22.3 Å². The number of aromatic nitrogens is 2. The lowest BCUT2D eigenvalue weighted by Crippen LogP contribution is -2.37. The van der Waals surface area contributed by atoms with Gasteiger partial charge in [0.15, 0.2) is 0 Å². The minimum absolute atomic E-state index is 0.0738. The van der Waals surface area contributed by atoms with E-state index < -0.39 is 0 Å². The molecule has 4 nitrogen and oxygen atoms in total. The molecule has 0 saturated carbocycles. The average Bonchev–Trinajstić information content (AvgIpc) is 2.78. The van der Waals surface area contributed by atoms with Crippen molar-refractivity contribution in [3.63, 3.8) is 0 Å². The predicted octanol–water partition coefficient (Wildman–Crippen LogP) is 4.77. The van der Waals surface area contributed by atoms with Crippen LogP contribution in [0.15, 0.2) is 82.2 Å². The normalized spacial score (nSPS) is 14.0. The van der Waals surface area contributed by atoms with Crippen LogP contribution in [0.25, 0.3) is 11.0 Å². The summed E-state index contributed by atoms with van der Waals surface area (Å²) >= 11 is 3.62. The second-order valence-corrected chi connectivity index (χ2v) is 8.61. The smallest absolute Gasteiger partial charge is 0.257 e. The molecule has 0 saturated heterocycles. The molecule has 150 valence electrons. The van der Waals surface area contributed by atoms with Crippen LogP contribution in [-0.4, -0.2) is 21.0 Å². The molecule has 1 aliphatic rings. The summed E-state index contributed by atoms with van der Waals surface area (Å²) in [6, 6.07) is 22.6. The van der Waals surface area contributed by atoms with Crippen LogP contribution in [0.2, 0.25) is 0 Å². The SMILES string of the molecule is O=c1c2c(c3cccnc3n1Cc1ccccc1Br)CCN(Cc1ccccc1)C2. The van der Waals surface area contributed by atoms with Gasteiger partial charge in [-0.05, 0) is 41.3 Å². The molecule has 5 heteroatoms. The van der Waals surface area contributed by atoms with Crippen LogP contribution in [-0.2, 0) is 26.1 Å². The number of pyridine rings is 2. The lowest BCUT2D eigenvalue weighted by Gasteiger charge is -2.30. The van der Waals surface area contributed by atoms with Crippen molar-refractivity contribution in [2.75, 3.05) is 6.54 Å². The van der Waals surface area contributed by atoms with Gasteiger partial charge in [-0.2, -0.15) is 0 Å². The van der Waals surface area contributed by atoms with Gasteiger partial charge in [-0.3, -0.25) is 14.3 Å². The molecule has 2 aromatic carbocycles. The Labute approximate surface area is 183 Å². The fourth-order valence-corrected chi connectivity index (χ4v) is 4.75. The molecule has 0 fully saturated rings. The Kier molecular flexibility index (Phi) is 5.23. The Morgan fingerprint density at radius 2 is 1.70 bits per heavy atom. The van der Waals surface area contributed by atoms with Gasteiger partial charge in [0.2, 0.25) is 0 Å². The maximum atomic E-state index is 13.6. The number of nitrogens with zero attached hydrogens (tertiary/aromatic N) is 3. The summed E-state index contributed by atoms with van der Waals surface area (Å²) in [5, 5.41) is 1.10.